The third-order valence-corrected chi connectivity index (χ3v) is 5.62. The minimum atomic E-state index is 0. The van der Waals surface area contributed by atoms with Crippen molar-refractivity contribution in [2.24, 2.45) is 9.98 Å². The van der Waals surface area contributed by atoms with Crippen molar-refractivity contribution in [2.75, 3.05) is 13.1 Å². The van der Waals surface area contributed by atoms with E-state index in [1.807, 2.05) is 36.4 Å². The first-order valence-corrected chi connectivity index (χ1v) is 13.2. The standard InChI is InChI=1S/2C15H23NO.Cu/c2*1-2-3-4-5-6-9-12-16-13-14-10-7-8-11-15(14)17;/h2*7-8,10-11,13,17H,2-6,9,12H2,1H3;. The van der Waals surface area contributed by atoms with Crippen LogP contribution in [0.25, 0.3) is 0 Å². The zero-order valence-corrected chi connectivity index (χ0v) is 22.7. The smallest absolute Gasteiger partial charge is 0.124 e. The van der Waals surface area contributed by atoms with Gasteiger partial charge in [-0.2, -0.15) is 0 Å². The molecule has 1 radical (unpaired) electrons. The summed E-state index contributed by atoms with van der Waals surface area (Å²) < 4.78 is 0. The number of benzene rings is 2. The minimum absolute atomic E-state index is 0. The molecule has 0 aromatic heterocycles. The predicted octanol–water partition coefficient (Wildman–Crippen LogP) is 8.34. The van der Waals surface area contributed by atoms with Gasteiger partial charge in [-0.25, -0.2) is 0 Å². The Kier molecular flexibility index (Phi) is 22.2. The number of hydrogen-bond acceptors (Lipinski definition) is 4. The van der Waals surface area contributed by atoms with E-state index >= 15 is 0 Å². The van der Waals surface area contributed by atoms with Crippen molar-refractivity contribution in [3.05, 3.63) is 59.7 Å². The van der Waals surface area contributed by atoms with Gasteiger partial charge in [0.05, 0.1) is 0 Å². The first-order chi connectivity index (χ1) is 16.7. The van der Waals surface area contributed by atoms with Crippen LogP contribution in [0.2, 0.25) is 0 Å². The average molecular weight is 530 g/mol. The molecule has 0 aliphatic heterocycles. The Balaban J connectivity index is 0.000000642. The van der Waals surface area contributed by atoms with Crippen LogP contribution in [0.5, 0.6) is 11.5 Å². The third-order valence-electron chi connectivity index (χ3n) is 5.62. The molecule has 0 fully saturated rings. The molecular weight excluding hydrogens is 484 g/mol. The maximum Gasteiger partial charge on any atom is 0.124 e. The predicted molar refractivity (Wildman–Crippen MR) is 148 cm³/mol. The normalized spacial score (nSPS) is 10.8. The van der Waals surface area contributed by atoms with Crippen molar-refractivity contribution < 1.29 is 27.3 Å². The number of aliphatic imine (C=N–C) groups is 2. The molecule has 199 valence electrons. The van der Waals surface area contributed by atoms with Crippen LogP contribution in [-0.4, -0.2) is 35.7 Å². The summed E-state index contributed by atoms with van der Waals surface area (Å²) >= 11 is 0. The van der Waals surface area contributed by atoms with Gasteiger partial charge in [-0.3, -0.25) is 9.98 Å². The quantitative estimate of drug-likeness (QED) is 0.130. The van der Waals surface area contributed by atoms with Crippen LogP contribution < -0.4 is 0 Å². The van der Waals surface area contributed by atoms with Gasteiger partial charge < -0.3 is 10.2 Å². The van der Waals surface area contributed by atoms with E-state index in [0.29, 0.717) is 11.5 Å². The Hall–Kier alpha value is -2.10. The van der Waals surface area contributed by atoms with E-state index in [4.69, 9.17) is 0 Å². The first-order valence-electron chi connectivity index (χ1n) is 13.2. The van der Waals surface area contributed by atoms with Crippen LogP contribution in [-0.2, 0) is 17.1 Å². The Morgan fingerprint density at radius 1 is 0.543 bits per heavy atom. The molecule has 0 saturated heterocycles. The maximum atomic E-state index is 9.52. The number of hydrogen-bond donors (Lipinski definition) is 2. The summed E-state index contributed by atoms with van der Waals surface area (Å²) in [6.07, 6.45) is 19.0. The largest absolute Gasteiger partial charge is 0.507 e. The van der Waals surface area contributed by atoms with Crippen molar-refractivity contribution in [1.29, 1.82) is 0 Å². The summed E-state index contributed by atoms with van der Waals surface area (Å²) in [5.41, 5.74) is 1.61. The fourth-order valence-electron chi connectivity index (χ4n) is 3.49. The molecule has 0 atom stereocenters. The maximum absolute atomic E-state index is 9.52. The number of unbranched alkanes of at least 4 members (excludes halogenated alkanes) is 10. The summed E-state index contributed by atoms with van der Waals surface area (Å²) in [4.78, 5) is 8.67. The van der Waals surface area contributed by atoms with Crippen LogP contribution in [0.4, 0.5) is 0 Å². The van der Waals surface area contributed by atoms with Crippen LogP contribution in [0.1, 0.15) is 102 Å². The van der Waals surface area contributed by atoms with E-state index in [0.717, 1.165) is 37.1 Å². The molecule has 4 nitrogen and oxygen atoms in total. The van der Waals surface area contributed by atoms with Crippen molar-refractivity contribution in [3.63, 3.8) is 0 Å². The second-order valence-corrected chi connectivity index (χ2v) is 8.72. The number of para-hydroxylation sites is 2. The Bertz CT molecular complexity index is 741. The second-order valence-electron chi connectivity index (χ2n) is 8.72. The molecule has 0 spiro atoms. The third kappa shape index (κ3) is 17.9. The molecule has 0 aliphatic carbocycles. The molecule has 0 aliphatic rings. The summed E-state index contributed by atoms with van der Waals surface area (Å²) in [6, 6.07) is 14.6. The van der Waals surface area contributed by atoms with Gasteiger partial charge in [0, 0.05) is 53.7 Å². The molecule has 5 heteroatoms. The molecule has 2 aromatic carbocycles. The van der Waals surface area contributed by atoms with Crippen LogP contribution >= 0.6 is 0 Å². The van der Waals surface area contributed by atoms with E-state index in [2.05, 4.69) is 23.8 Å². The van der Waals surface area contributed by atoms with Crippen LogP contribution in [0, 0.1) is 0 Å². The van der Waals surface area contributed by atoms with Crippen molar-refractivity contribution in [3.8, 4) is 11.5 Å². The summed E-state index contributed by atoms with van der Waals surface area (Å²) in [5.74, 6) is 0.610. The molecule has 2 aromatic rings. The fourth-order valence-corrected chi connectivity index (χ4v) is 3.49. The Morgan fingerprint density at radius 2 is 0.886 bits per heavy atom. The molecule has 0 unspecified atom stereocenters. The van der Waals surface area contributed by atoms with Crippen molar-refractivity contribution in [1.82, 2.24) is 0 Å². The van der Waals surface area contributed by atoms with Gasteiger partial charge in [-0.15, -0.1) is 0 Å². The van der Waals surface area contributed by atoms with Gasteiger partial charge in [-0.05, 0) is 37.1 Å². The van der Waals surface area contributed by atoms with Gasteiger partial charge in [0.25, 0.3) is 0 Å². The molecular formula is C30H46CuN2O2. The van der Waals surface area contributed by atoms with E-state index in [9.17, 15) is 10.2 Å². The van der Waals surface area contributed by atoms with Gasteiger partial charge in [0.2, 0.25) is 0 Å². The van der Waals surface area contributed by atoms with Gasteiger partial charge in [0.1, 0.15) is 11.5 Å². The van der Waals surface area contributed by atoms with E-state index in [1.165, 1.54) is 64.2 Å². The molecule has 0 heterocycles. The molecule has 0 bridgehead atoms. The van der Waals surface area contributed by atoms with E-state index in [1.54, 1.807) is 24.6 Å². The fraction of sp³-hybridized carbons (Fsp3) is 0.533. The summed E-state index contributed by atoms with van der Waals surface area (Å²) in [6.45, 7) is 6.19. The molecule has 2 rings (SSSR count). The van der Waals surface area contributed by atoms with Gasteiger partial charge in [-0.1, -0.05) is 102 Å². The molecule has 35 heavy (non-hydrogen) atoms. The number of phenolic OH excluding ortho intramolecular Hbond substituents is 2. The number of rotatable bonds is 16. The average Bonchev–Trinajstić information content (AvgIpc) is 2.85. The molecule has 0 amide bonds. The summed E-state index contributed by atoms with van der Waals surface area (Å²) in [7, 11) is 0. The zero-order chi connectivity index (χ0) is 24.7. The summed E-state index contributed by atoms with van der Waals surface area (Å²) in [5, 5.41) is 19.0. The topological polar surface area (TPSA) is 65.2 Å². The number of nitrogens with zero attached hydrogens (tertiary/aromatic N) is 2. The van der Waals surface area contributed by atoms with Crippen LogP contribution in [0.15, 0.2) is 58.5 Å². The monoisotopic (exact) mass is 529 g/mol. The minimum Gasteiger partial charge on any atom is -0.507 e. The van der Waals surface area contributed by atoms with E-state index in [-0.39, 0.29) is 17.1 Å². The SMILES string of the molecule is CCCCCCCCN=Cc1ccccc1O.CCCCCCCCN=Cc1ccccc1O.[Cu]. The van der Waals surface area contributed by atoms with Gasteiger partial charge in [0.15, 0.2) is 0 Å². The molecule has 2 N–H and O–H groups in total. The Morgan fingerprint density at radius 3 is 1.26 bits per heavy atom. The van der Waals surface area contributed by atoms with E-state index < -0.39 is 0 Å². The number of phenols is 2. The number of aromatic hydroxyl groups is 2. The second kappa shape index (κ2) is 23.6. The van der Waals surface area contributed by atoms with Crippen molar-refractivity contribution >= 4 is 12.4 Å². The Labute approximate surface area is 224 Å². The molecule has 0 saturated carbocycles. The van der Waals surface area contributed by atoms with Crippen LogP contribution in [0.3, 0.4) is 0 Å². The van der Waals surface area contributed by atoms with Crippen molar-refractivity contribution in [2.45, 2.75) is 90.9 Å². The first kappa shape index (κ1) is 32.9. The zero-order valence-electron chi connectivity index (χ0n) is 21.8. The van der Waals surface area contributed by atoms with Gasteiger partial charge >= 0.3 is 0 Å².